The van der Waals surface area contributed by atoms with Crippen molar-refractivity contribution in [3.63, 3.8) is 0 Å². The number of aromatic nitrogens is 2. The first-order chi connectivity index (χ1) is 7.75. The molecule has 0 saturated carbocycles. The number of hydrogen-bond donors (Lipinski definition) is 1. The van der Waals surface area contributed by atoms with Crippen LogP contribution < -0.4 is 5.32 Å². The first-order valence-electron chi connectivity index (χ1n) is 5.91. The molecule has 0 aliphatic carbocycles. The maximum Gasteiger partial charge on any atom is 0.139 e. The van der Waals surface area contributed by atoms with Gasteiger partial charge in [0.25, 0.3) is 0 Å². The largest absolute Gasteiger partial charge is 0.331 e. The first kappa shape index (κ1) is 9.85. The minimum atomic E-state index is 0.513. The molecule has 1 aliphatic heterocycles. The third-order valence-electron chi connectivity index (χ3n) is 3.46. The Morgan fingerprint density at radius 3 is 3.06 bits per heavy atom. The van der Waals surface area contributed by atoms with Crippen molar-refractivity contribution in [1.29, 1.82) is 0 Å². The summed E-state index contributed by atoms with van der Waals surface area (Å²) in [5.74, 6) is 0. The van der Waals surface area contributed by atoms with E-state index in [0.29, 0.717) is 6.04 Å². The molecule has 1 unspecified atom stereocenters. The van der Waals surface area contributed by atoms with E-state index in [-0.39, 0.29) is 0 Å². The zero-order chi connectivity index (χ0) is 11.1. The molecule has 0 bridgehead atoms. The predicted octanol–water partition coefficient (Wildman–Crippen LogP) is 2.31. The van der Waals surface area contributed by atoms with Crippen LogP contribution in [-0.4, -0.2) is 16.1 Å². The topological polar surface area (TPSA) is 29.9 Å². The van der Waals surface area contributed by atoms with E-state index in [1.165, 1.54) is 29.5 Å². The van der Waals surface area contributed by atoms with Gasteiger partial charge in [0.15, 0.2) is 0 Å². The summed E-state index contributed by atoms with van der Waals surface area (Å²) in [6.07, 6.45) is 4.45. The molecule has 1 aliphatic rings. The van der Waals surface area contributed by atoms with Crippen molar-refractivity contribution >= 4 is 11.0 Å². The van der Waals surface area contributed by atoms with E-state index in [1.807, 2.05) is 6.20 Å². The monoisotopic (exact) mass is 215 g/mol. The molecule has 16 heavy (non-hydrogen) atoms. The lowest BCUT2D eigenvalue weighted by Gasteiger charge is -2.11. The molecule has 3 rings (SSSR count). The van der Waals surface area contributed by atoms with Crippen molar-refractivity contribution in [3.05, 3.63) is 29.6 Å². The molecular weight excluding hydrogens is 198 g/mol. The molecule has 2 aromatic rings. The normalized spacial score (nSPS) is 20.8. The SMILES string of the molecule is Cc1cnc2c(c1)cc(C1CCCN1)n2C. The average molecular weight is 215 g/mol. The van der Waals surface area contributed by atoms with E-state index in [4.69, 9.17) is 0 Å². The van der Waals surface area contributed by atoms with Crippen LogP contribution in [0.1, 0.15) is 30.1 Å². The van der Waals surface area contributed by atoms with Crippen LogP contribution in [0.2, 0.25) is 0 Å². The molecule has 1 N–H and O–H groups in total. The van der Waals surface area contributed by atoms with Crippen molar-refractivity contribution in [2.45, 2.75) is 25.8 Å². The number of aryl methyl sites for hydroxylation is 2. The summed E-state index contributed by atoms with van der Waals surface area (Å²) >= 11 is 0. The maximum absolute atomic E-state index is 4.51. The zero-order valence-electron chi connectivity index (χ0n) is 9.83. The molecule has 0 aromatic carbocycles. The first-order valence-corrected chi connectivity index (χ1v) is 5.91. The van der Waals surface area contributed by atoms with Crippen molar-refractivity contribution in [2.75, 3.05) is 6.54 Å². The van der Waals surface area contributed by atoms with E-state index in [2.05, 4.69) is 41.0 Å². The Kier molecular flexibility index (Phi) is 2.21. The molecule has 0 spiro atoms. The van der Waals surface area contributed by atoms with Crippen molar-refractivity contribution in [3.8, 4) is 0 Å². The Morgan fingerprint density at radius 1 is 1.44 bits per heavy atom. The van der Waals surface area contributed by atoms with Crippen molar-refractivity contribution in [1.82, 2.24) is 14.9 Å². The lowest BCUT2D eigenvalue weighted by atomic mass is 10.1. The summed E-state index contributed by atoms with van der Waals surface area (Å²) < 4.78 is 2.22. The van der Waals surface area contributed by atoms with Crippen LogP contribution >= 0.6 is 0 Å². The van der Waals surface area contributed by atoms with Crippen LogP contribution in [0.3, 0.4) is 0 Å². The highest BCUT2D eigenvalue weighted by atomic mass is 15.1. The Morgan fingerprint density at radius 2 is 2.31 bits per heavy atom. The third-order valence-corrected chi connectivity index (χ3v) is 3.46. The fourth-order valence-corrected chi connectivity index (χ4v) is 2.62. The Balaban J connectivity index is 2.14. The van der Waals surface area contributed by atoms with Gasteiger partial charge < -0.3 is 9.88 Å². The van der Waals surface area contributed by atoms with Crippen molar-refractivity contribution in [2.24, 2.45) is 7.05 Å². The third kappa shape index (κ3) is 1.43. The molecule has 3 heterocycles. The lowest BCUT2D eigenvalue weighted by molar-refractivity contribution is 0.603. The van der Waals surface area contributed by atoms with Crippen LogP contribution in [0.5, 0.6) is 0 Å². The minimum absolute atomic E-state index is 0.513. The molecule has 3 heteroatoms. The maximum atomic E-state index is 4.51. The van der Waals surface area contributed by atoms with Gasteiger partial charge in [-0.25, -0.2) is 4.98 Å². The molecule has 84 valence electrons. The van der Waals surface area contributed by atoms with Gasteiger partial charge in [-0.1, -0.05) is 0 Å². The summed E-state index contributed by atoms with van der Waals surface area (Å²) in [5, 5.41) is 4.80. The molecule has 1 fully saturated rings. The quantitative estimate of drug-likeness (QED) is 0.791. The van der Waals surface area contributed by atoms with Gasteiger partial charge >= 0.3 is 0 Å². The van der Waals surface area contributed by atoms with E-state index >= 15 is 0 Å². The summed E-state index contributed by atoms with van der Waals surface area (Å²) in [6, 6.07) is 5.00. The fourth-order valence-electron chi connectivity index (χ4n) is 2.62. The van der Waals surface area contributed by atoms with E-state index in [1.54, 1.807) is 0 Å². The highest BCUT2D eigenvalue weighted by Crippen LogP contribution is 2.27. The van der Waals surface area contributed by atoms with Gasteiger partial charge in [-0.15, -0.1) is 0 Å². The van der Waals surface area contributed by atoms with Gasteiger partial charge in [0, 0.05) is 30.4 Å². The number of pyridine rings is 1. The Hall–Kier alpha value is -1.35. The van der Waals surface area contributed by atoms with Crippen molar-refractivity contribution < 1.29 is 0 Å². The van der Waals surface area contributed by atoms with E-state index < -0.39 is 0 Å². The van der Waals surface area contributed by atoms with Crippen LogP contribution in [0.4, 0.5) is 0 Å². The number of nitrogens with one attached hydrogen (secondary N) is 1. The van der Waals surface area contributed by atoms with Crippen LogP contribution in [-0.2, 0) is 7.05 Å². The summed E-state index contributed by atoms with van der Waals surface area (Å²) in [4.78, 5) is 4.51. The molecular formula is C13H17N3. The van der Waals surface area contributed by atoms with Gasteiger partial charge in [-0.3, -0.25) is 0 Å². The Labute approximate surface area is 95.5 Å². The standard InChI is InChI=1S/C13H17N3/c1-9-6-10-7-12(11-4-3-5-14-11)16(2)13(10)15-8-9/h6-8,11,14H,3-5H2,1-2H3. The minimum Gasteiger partial charge on any atom is -0.331 e. The molecule has 3 nitrogen and oxygen atoms in total. The second-order valence-corrected chi connectivity index (χ2v) is 4.70. The van der Waals surface area contributed by atoms with E-state index in [9.17, 15) is 0 Å². The number of hydrogen-bond acceptors (Lipinski definition) is 2. The van der Waals surface area contributed by atoms with Crippen LogP contribution in [0.15, 0.2) is 18.3 Å². The Bertz CT molecular complexity index is 521. The van der Waals surface area contributed by atoms with Gasteiger partial charge in [0.1, 0.15) is 5.65 Å². The fraction of sp³-hybridized carbons (Fsp3) is 0.462. The van der Waals surface area contributed by atoms with Crippen LogP contribution in [0, 0.1) is 6.92 Å². The number of fused-ring (bicyclic) bond motifs is 1. The van der Waals surface area contributed by atoms with Gasteiger partial charge in [-0.05, 0) is 44.0 Å². The molecule has 0 radical (unpaired) electrons. The lowest BCUT2D eigenvalue weighted by Crippen LogP contribution is -2.15. The highest BCUT2D eigenvalue weighted by molar-refractivity contribution is 5.78. The zero-order valence-corrected chi connectivity index (χ0v) is 9.83. The second-order valence-electron chi connectivity index (χ2n) is 4.70. The summed E-state index contributed by atoms with van der Waals surface area (Å²) in [7, 11) is 2.11. The average Bonchev–Trinajstić information content (AvgIpc) is 2.86. The molecule has 1 atom stereocenters. The molecule has 0 amide bonds. The predicted molar refractivity (Wildman–Crippen MR) is 65.4 cm³/mol. The summed E-state index contributed by atoms with van der Waals surface area (Å²) in [5.41, 5.74) is 3.68. The number of nitrogens with zero attached hydrogens (tertiary/aromatic N) is 2. The van der Waals surface area contributed by atoms with Gasteiger partial charge in [0.2, 0.25) is 0 Å². The highest BCUT2D eigenvalue weighted by Gasteiger charge is 2.20. The van der Waals surface area contributed by atoms with Gasteiger partial charge in [-0.2, -0.15) is 0 Å². The smallest absolute Gasteiger partial charge is 0.139 e. The molecule has 2 aromatic heterocycles. The molecule has 1 saturated heterocycles. The van der Waals surface area contributed by atoms with Gasteiger partial charge in [0.05, 0.1) is 0 Å². The summed E-state index contributed by atoms with van der Waals surface area (Å²) in [6.45, 7) is 3.23. The number of rotatable bonds is 1. The van der Waals surface area contributed by atoms with E-state index in [0.717, 1.165) is 12.2 Å². The second kappa shape index (κ2) is 3.59. The van der Waals surface area contributed by atoms with Crippen LogP contribution in [0.25, 0.3) is 11.0 Å².